The molecule has 0 heterocycles. The molecule has 27 heavy (non-hydrogen) atoms. The van der Waals surface area contributed by atoms with E-state index in [2.05, 4.69) is 0 Å². The van der Waals surface area contributed by atoms with Gasteiger partial charge in [-0.25, -0.2) is 4.79 Å². The zero-order chi connectivity index (χ0) is 19.6. The van der Waals surface area contributed by atoms with Crippen LogP contribution in [0.2, 0.25) is 0 Å². The second kappa shape index (κ2) is 10.0. The lowest BCUT2D eigenvalue weighted by Gasteiger charge is -2.16. The first kappa shape index (κ1) is 20.0. The lowest BCUT2D eigenvalue weighted by atomic mass is 10.1. The van der Waals surface area contributed by atoms with Gasteiger partial charge in [0.2, 0.25) is 0 Å². The number of nitrogens with zero attached hydrogens (tertiary/aromatic N) is 1. The molecule has 0 saturated heterocycles. The molecule has 0 bridgehead atoms. The van der Waals surface area contributed by atoms with E-state index in [9.17, 15) is 9.59 Å². The van der Waals surface area contributed by atoms with Gasteiger partial charge < -0.3 is 19.1 Å². The normalized spacial score (nSPS) is 10.5. The van der Waals surface area contributed by atoms with Crippen molar-refractivity contribution in [3.63, 3.8) is 0 Å². The van der Waals surface area contributed by atoms with Gasteiger partial charge in [0, 0.05) is 25.2 Å². The number of carbonyl (C=O) groups excluding carboxylic acids is 2. The number of benzene rings is 2. The van der Waals surface area contributed by atoms with Gasteiger partial charge in [0.15, 0.2) is 6.61 Å². The van der Waals surface area contributed by atoms with E-state index in [1.807, 2.05) is 30.3 Å². The van der Waals surface area contributed by atoms with Crippen molar-refractivity contribution in [2.24, 2.45) is 0 Å². The summed E-state index contributed by atoms with van der Waals surface area (Å²) in [4.78, 5) is 25.5. The third kappa shape index (κ3) is 6.18. The van der Waals surface area contributed by atoms with E-state index in [4.69, 9.17) is 14.2 Å². The first-order valence-electron chi connectivity index (χ1n) is 8.38. The average molecular weight is 369 g/mol. The van der Waals surface area contributed by atoms with Crippen LogP contribution in [0.15, 0.2) is 54.6 Å². The Labute approximate surface area is 159 Å². The number of amides is 1. The predicted octanol–water partition coefficient (Wildman–Crippen LogP) is 2.92. The highest BCUT2D eigenvalue weighted by Crippen LogP contribution is 2.25. The van der Waals surface area contributed by atoms with Crippen LogP contribution < -0.4 is 9.47 Å². The fourth-order valence-electron chi connectivity index (χ4n) is 2.36. The molecule has 0 aliphatic carbocycles. The van der Waals surface area contributed by atoms with Crippen LogP contribution in [0.5, 0.6) is 11.5 Å². The molecular formula is C21H23NO5. The largest absolute Gasteiger partial charge is 0.497 e. The average Bonchev–Trinajstić information content (AvgIpc) is 2.70. The first-order valence-corrected chi connectivity index (χ1v) is 8.38. The topological polar surface area (TPSA) is 65.1 Å². The van der Waals surface area contributed by atoms with Crippen LogP contribution in [0.1, 0.15) is 11.1 Å². The molecule has 0 aliphatic heterocycles. The summed E-state index contributed by atoms with van der Waals surface area (Å²) in [7, 11) is 4.76. The van der Waals surface area contributed by atoms with E-state index in [0.29, 0.717) is 23.6 Å². The molecule has 0 atom stereocenters. The third-order valence-corrected chi connectivity index (χ3v) is 3.86. The van der Waals surface area contributed by atoms with Crippen molar-refractivity contribution in [1.82, 2.24) is 4.90 Å². The fraction of sp³-hybridized carbons (Fsp3) is 0.238. The van der Waals surface area contributed by atoms with Gasteiger partial charge in [-0.15, -0.1) is 0 Å². The molecule has 1 amide bonds. The Morgan fingerprint density at radius 2 is 1.78 bits per heavy atom. The number of hydrogen-bond acceptors (Lipinski definition) is 5. The van der Waals surface area contributed by atoms with Crippen LogP contribution in [0.4, 0.5) is 0 Å². The van der Waals surface area contributed by atoms with Crippen molar-refractivity contribution < 1.29 is 23.8 Å². The summed E-state index contributed by atoms with van der Waals surface area (Å²) >= 11 is 0. The number of rotatable bonds is 8. The van der Waals surface area contributed by atoms with Crippen molar-refractivity contribution in [2.45, 2.75) is 6.54 Å². The highest BCUT2D eigenvalue weighted by molar-refractivity contribution is 5.89. The summed E-state index contributed by atoms with van der Waals surface area (Å²) in [6, 6.07) is 14.8. The lowest BCUT2D eigenvalue weighted by Crippen LogP contribution is -2.30. The van der Waals surface area contributed by atoms with Crippen molar-refractivity contribution in [1.29, 1.82) is 0 Å². The SMILES string of the molecule is COc1ccc(OC)c(/C=C/C(=O)OCC(=O)N(C)Cc2ccccc2)c1. The van der Waals surface area contributed by atoms with E-state index < -0.39 is 5.97 Å². The van der Waals surface area contributed by atoms with E-state index >= 15 is 0 Å². The number of carbonyl (C=O) groups is 2. The molecule has 2 aromatic rings. The molecule has 0 spiro atoms. The highest BCUT2D eigenvalue weighted by Gasteiger charge is 2.11. The van der Waals surface area contributed by atoms with Gasteiger partial charge >= 0.3 is 5.97 Å². The molecule has 6 heteroatoms. The molecular weight excluding hydrogens is 346 g/mol. The molecule has 142 valence electrons. The van der Waals surface area contributed by atoms with Crippen LogP contribution in [0.3, 0.4) is 0 Å². The van der Waals surface area contributed by atoms with Gasteiger partial charge in [0.1, 0.15) is 11.5 Å². The van der Waals surface area contributed by atoms with Crippen molar-refractivity contribution in [2.75, 3.05) is 27.9 Å². The number of esters is 1. The Bertz CT molecular complexity index is 801. The quantitative estimate of drug-likeness (QED) is 0.529. The summed E-state index contributed by atoms with van der Waals surface area (Å²) in [5.41, 5.74) is 1.67. The molecule has 0 aliphatic rings. The maximum Gasteiger partial charge on any atom is 0.331 e. The molecule has 0 saturated carbocycles. The van der Waals surface area contributed by atoms with Crippen LogP contribution in [-0.4, -0.2) is 44.7 Å². The Hall–Kier alpha value is -3.28. The predicted molar refractivity (Wildman–Crippen MR) is 102 cm³/mol. The van der Waals surface area contributed by atoms with Gasteiger partial charge in [-0.3, -0.25) is 4.79 Å². The standard InChI is InChI=1S/C21H23NO5/c1-22(14-16-7-5-4-6-8-16)20(23)15-27-21(24)12-9-17-13-18(25-2)10-11-19(17)26-3/h4-13H,14-15H2,1-3H3/b12-9+. The van der Waals surface area contributed by atoms with Crippen LogP contribution >= 0.6 is 0 Å². The molecule has 0 N–H and O–H groups in total. The van der Waals surface area contributed by atoms with Gasteiger partial charge in [-0.05, 0) is 29.8 Å². The van der Waals surface area contributed by atoms with Crippen LogP contribution in [0.25, 0.3) is 6.08 Å². The van der Waals surface area contributed by atoms with Gasteiger partial charge in [0.25, 0.3) is 5.91 Å². The van der Waals surface area contributed by atoms with E-state index in [-0.39, 0.29) is 12.5 Å². The molecule has 0 unspecified atom stereocenters. The van der Waals surface area contributed by atoms with Crippen LogP contribution in [0, 0.1) is 0 Å². The van der Waals surface area contributed by atoms with E-state index in [1.54, 1.807) is 45.5 Å². The summed E-state index contributed by atoms with van der Waals surface area (Å²) < 4.78 is 15.4. The second-order valence-electron chi connectivity index (χ2n) is 5.78. The minimum absolute atomic E-state index is 0.278. The van der Waals surface area contributed by atoms with Crippen molar-refractivity contribution in [3.8, 4) is 11.5 Å². The summed E-state index contributed by atoms with van der Waals surface area (Å²) in [6.45, 7) is 0.135. The van der Waals surface area contributed by atoms with Crippen LogP contribution in [-0.2, 0) is 20.9 Å². The van der Waals surface area contributed by atoms with Crippen molar-refractivity contribution in [3.05, 3.63) is 65.7 Å². The summed E-state index contributed by atoms with van der Waals surface area (Å²) in [6.07, 6.45) is 2.81. The smallest absolute Gasteiger partial charge is 0.331 e. The van der Waals surface area contributed by atoms with Gasteiger partial charge in [0.05, 0.1) is 14.2 Å². The lowest BCUT2D eigenvalue weighted by molar-refractivity contribution is -0.147. The third-order valence-electron chi connectivity index (χ3n) is 3.86. The zero-order valence-corrected chi connectivity index (χ0v) is 15.7. The second-order valence-corrected chi connectivity index (χ2v) is 5.78. The maximum atomic E-state index is 12.1. The number of likely N-dealkylation sites (N-methyl/N-ethyl adjacent to an activating group) is 1. The van der Waals surface area contributed by atoms with E-state index in [1.165, 1.54) is 11.0 Å². The molecule has 0 fully saturated rings. The Balaban J connectivity index is 1.88. The Morgan fingerprint density at radius 3 is 2.44 bits per heavy atom. The summed E-state index contributed by atoms with van der Waals surface area (Å²) in [5, 5.41) is 0. The molecule has 6 nitrogen and oxygen atoms in total. The minimum Gasteiger partial charge on any atom is -0.497 e. The monoisotopic (exact) mass is 369 g/mol. The molecule has 2 rings (SSSR count). The number of ether oxygens (including phenoxy) is 3. The number of hydrogen-bond donors (Lipinski definition) is 0. The Kier molecular flexibility index (Phi) is 7.43. The minimum atomic E-state index is -0.610. The fourth-order valence-corrected chi connectivity index (χ4v) is 2.36. The molecule has 0 aromatic heterocycles. The van der Waals surface area contributed by atoms with Gasteiger partial charge in [-0.2, -0.15) is 0 Å². The van der Waals surface area contributed by atoms with Gasteiger partial charge in [-0.1, -0.05) is 30.3 Å². The molecule has 2 aromatic carbocycles. The summed E-state index contributed by atoms with van der Waals surface area (Å²) in [5.74, 6) is 0.348. The zero-order valence-electron chi connectivity index (χ0n) is 15.7. The number of methoxy groups -OCH3 is 2. The molecule has 0 radical (unpaired) electrons. The first-order chi connectivity index (χ1) is 13.0. The maximum absolute atomic E-state index is 12.1. The Morgan fingerprint density at radius 1 is 1.04 bits per heavy atom. The van der Waals surface area contributed by atoms with E-state index in [0.717, 1.165) is 5.56 Å². The van der Waals surface area contributed by atoms with Crippen molar-refractivity contribution >= 4 is 18.0 Å². The highest BCUT2D eigenvalue weighted by atomic mass is 16.5.